The summed E-state index contributed by atoms with van der Waals surface area (Å²) in [5.74, 6) is 1.33. The Hall–Kier alpha value is -4.89. The van der Waals surface area contributed by atoms with Crippen LogP contribution in [-0.4, -0.2) is 33.5 Å². The first-order valence-electron chi connectivity index (χ1n) is 14.1. The van der Waals surface area contributed by atoms with Crippen molar-refractivity contribution < 1.29 is 19.1 Å². The molecule has 0 saturated carbocycles. The van der Waals surface area contributed by atoms with Gasteiger partial charge < -0.3 is 14.4 Å². The van der Waals surface area contributed by atoms with Crippen LogP contribution >= 0.6 is 12.6 Å². The van der Waals surface area contributed by atoms with Crippen molar-refractivity contribution in [2.75, 3.05) is 11.5 Å². The van der Waals surface area contributed by atoms with Gasteiger partial charge in [-0.2, -0.15) is 12.6 Å². The average Bonchev–Trinajstić information content (AvgIpc) is 3.46. The largest absolute Gasteiger partial charge is 0.492 e. The predicted octanol–water partition coefficient (Wildman–Crippen LogP) is 6.60. The molecule has 0 aliphatic carbocycles. The van der Waals surface area contributed by atoms with Crippen molar-refractivity contribution in [2.24, 2.45) is 0 Å². The molecule has 8 nitrogen and oxygen atoms in total. The normalized spacial score (nSPS) is 11.9. The molecule has 1 aromatic heterocycles. The van der Waals surface area contributed by atoms with Crippen molar-refractivity contribution in [3.8, 4) is 34.0 Å². The quantitative estimate of drug-likeness (QED) is 0.125. The number of para-hydroxylation sites is 1. The number of ether oxygens (including phenoxy) is 2. The standard InChI is InChI=1S/C34H30N4O4S/c1-2-31(39)37-21-25-7-3-4-8-28(25)33-32(29-9-5-6-10-30(29)37)35-36-38(33)19-20-41-26-17-13-24(14-18-26)34(40)42-27-15-11-23(22-43)12-16-27/h3-18,43H,2,19-22H2,1H3. The van der Waals surface area contributed by atoms with Crippen LogP contribution in [0.5, 0.6) is 11.5 Å². The summed E-state index contributed by atoms with van der Waals surface area (Å²) in [7, 11) is 0. The Balaban J connectivity index is 1.19. The number of anilines is 1. The molecule has 4 aromatic carbocycles. The van der Waals surface area contributed by atoms with Crippen molar-refractivity contribution in [1.29, 1.82) is 0 Å². The van der Waals surface area contributed by atoms with Gasteiger partial charge in [0.05, 0.1) is 30.0 Å². The molecule has 1 amide bonds. The van der Waals surface area contributed by atoms with Gasteiger partial charge in [-0.25, -0.2) is 9.48 Å². The van der Waals surface area contributed by atoms with E-state index in [2.05, 4.69) is 22.9 Å². The van der Waals surface area contributed by atoms with Gasteiger partial charge in [0.1, 0.15) is 23.8 Å². The summed E-state index contributed by atoms with van der Waals surface area (Å²) in [6.07, 6.45) is 0.403. The van der Waals surface area contributed by atoms with Crippen LogP contribution in [-0.2, 0) is 23.6 Å². The maximum atomic E-state index is 13.0. The van der Waals surface area contributed by atoms with Gasteiger partial charge in [-0.1, -0.05) is 66.7 Å². The average molecular weight is 591 g/mol. The minimum Gasteiger partial charge on any atom is -0.492 e. The van der Waals surface area contributed by atoms with E-state index in [-0.39, 0.29) is 5.91 Å². The molecular weight excluding hydrogens is 560 g/mol. The molecular formula is C34H30N4O4S. The Morgan fingerprint density at radius 1 is 0.860 bits per heavy atom. The molecule has 0 atom stereocenters. The fourth-order valence-electron chi connectivity index (χ4n) is 5.15. The summed E-state index contributed by atoms with van der Waals surface area (Å²) in [6.45, 7) is 3.11. The summed E-state index contributed by atoms with van der Waals surface area (Å²) < 4.78 is 13.4. The van der Waals surface area contributed by atoms with E-state index in [9.17, 15) is 9.59 Å². The number of hydrogen-bond acceptors (Lipinski definition) is 7. The molecule has 1 aliphatic heterocycles. The van der Waals surface area contributed by atoms with Gasteiger partial charge in [0.25, 0.3) is 0 Å². The molecule has 9 heteroatoms. The van der Waals surface area contributed by atoms with Crippen LogP contribution in [0.4, 0.5) is 5.69 Å². The predicted molar refractivity (Wildman–Crippen MR) is 168 cm³/mol. The van der Waals surface area contributed by atoms with Gasteiger partial charge >= 0.3 is 5.97 Å². The minimum absolute atomic E-state index is 0.0497. The molecule has 43 heavy (non-hydrogen) atoms. The number of esters is 1. The molecule has 0 bridgehead atoms. The van der Waals surface area contributed by atoms with Crippen LogP contribution in [0.25, 0.3) is 22.5 Å². The number of carbonyl (C=O) groups excluding carboxylic acids is 2. The highest BCUT2D eigenvalue weighted by Crippen LogP contribution is 2.41. The van der Waals surface area contributed by atoms with E-state index >= 15 is 0 Å². The second kappa shape index (κ2) is 12.5. The molecule has 2 heterocycles. The van der Waals surface area contributed by atoms with Crippen LogP contribution in [0.1, 0.15) is 34.8 Å². The Kier molecular flexibility index (Phi) is 8.24. The van der Waals surface area contributed by atoms with Gasteiger partial charge in [0, 0.05) is 23.3 Å². The molecule has 0 radical (unpaired) electrons. The summed E-state index contributed by atoms with van der Waals surface area (Å²) in [4.78, 5) is 27.4. The minimum atomic E-state index is -0.440. The number of aromatic nitrogens is 3. The van der Waals surface area contributed by atoms with E-state index in [1.54, 1.807) is 36.4 Å². The number of hydrogen-bond donors (Lipinski definition) is 1. The van der Waals surface area contributed by atoms with E-state index in [1.807, 2.05) is 77.2 Å². The highest BCUT2D eigenvalue weighted by atomic mass is 32.1. The first-order chi connectivity index (χ1) is 21.1. The van der Waals surface area contributed by atoms with E-state index < -0.39 is 5.97 Å². The topological polar surface area (TPSA) is 86.5 Å². The molecule has 0 N–H and O–H groups in total. The number of nitrogens with zero attached hydrogens (tertiary/aromatic N) is 4. The number of carbonyl (C=O) groups is 2. The van der Waals surface area contributed by atoms with Gasteiger partial charge in [-0.15, -0.1) is 5.10 Å². The van der Waals surface area contributed by atoms with Gasteiger partial charge in [-0.05, 0) is 53.6 Å². The molecule has 0 saturated heterocycles. The Bertz CT molecular complexity index is 1770. The number of rotatable bonds is 8. The molecule has 1 aliphatic rings. The third-order valence-electron chi connectivity index (χ3n) is 7.37. The van der Waals surface area contributed by atoms with Crippen LogP contribution in [0.2, 0.25) is 0 Å². The zero-order valence-corrected chi connectivity index (χ0v) is 24.5. The van der Waals surface area contributed by atoms with Crippen LogP contribution in [0.3, 0.4) is 0 Å². The van der Waals surface area contributed by atoms with E-state index in [4.69, 9.17) is 9.47 Å². The highest BCUT2D eigenvalue weighted by molar-refractivity contribution is 7.79. The second-order valence-electron chi connectivity index (χ2n) is 10.1. The van der Waals surface area contributed by atoms with Crippen molar-refractivity contribution in [3.05, 3.63) is 114 Å². The van der Waals surface area contributed by atoms with E-state index in [0.29, 0.717) is 48.9 Å². The first kappa shape index (κ1) is 28.2. The van der Waals surface area contributed by atoms with Gasteiger partial charge in [0.15, 0.2) is 0 Å². The van der Waals surface area contributed by atoms with Crippen LogP contribution in [0.15, 0.2) is 97.1 Å². The molecule has 0 unspecified atom stereocenters. The fraction of sp³-hybridized carbons (Fsp3) is 0.176. The monoisotopic (exact) mass is 590 g/mol. The third-order valence-corrected chi connectivity index (χ3v) is 7.73. The lowest BCUT2D eigenvalue weighted by Crippen LogP contribution is -2.31. The maximum absolute atomic E-state index is 13.0. The van der Waals surface area contributed by atoms with Crippen molar-refractivity contribution in [1.82, 2.24) is 15.0 Å². The number of thiol groups is 1. The summed E-state index contributed by atoms with van der Waals surface area (Å²) in [6, 6.07) is 30.0. The number of amides is 1. The molecule has 0 fully saturated rings. The first-order valence-corrected chi connectivity index (χ1v) is 14.8. The van der Waals surface area contributed by atoms with Crippen molar-refractivity contribution in [2.45, 2.75) is 32.2 Å². The zero-order valence-electron chi connectivity index (χ0n) is 23.6. The number of fused-ring (bicyclic) bond motifs is 5. The molecule has 5 aromatic rings. The summed E-state index contributed by atoms with van der Waals surface area (Å²) in [5.41, 5.74) is 6.76. The summed E-state index contributed by atoms with van der Waals surface area (Å²) >= 11 is 4.25. The smallest absolute Gasteiger partial charge is 0.343 e. The van der Waals surface area contributed by atoms with Crippen LogP contribution in [0, 0.1) is 0 Å². The Labute approximate surface area is 255 Å². The van der Waals surface area contributed by atoms with Gasteiger partial charge in [0.2, 0.25) is 5.91 Å². The molecule has 216 valence electrons. The van der Waals surface area contributed by atoms with Crippen molar-refractivity contribution in [3.63, 3.8) is 0 Å². The van der Waals surface area contributed by atoms with Crippen molar-refractivity contribution >= 4 is 30.2 Å². The van der Waals surface area contributed by atoms with Gasteiger partial charge in [-0.3, -0.25) is 4.79 Å². The highest BCUT2D eigenvalue weighted by Gasteiger charge is 2.28. The molecule has 6 rings (SSSR count). The lowest BCUT2D eigenvalue weighted by Gasteiger charge is -2.28. The lowest BCUT2D eigenvalue weighted by atomic mass is 9.95. The SMILES string of the molecule is CCC(=O)N1Cc2ccccc2-c2c(nnn2CCOc2ccc(C(=O)Oc3ccc(CS)cc3)cc2)-c2ccccc21. The third kappa shape index (κ3) is 5.89. The van der Waals surface area contributed by atoms with Crippen LogP contribution < -0.4 is 14.4 Å². The maximum Gasteiger partial charge on any atom is 0.343 e. The Morgan fingerprint density at radius 2 is 1.56 bits per heavy atom. The zero-order chi connectivity index (χ0) is 29.8. The Morgan fingerprint density at radius 3 is 2.30 bits per heavy atom. The molecule has 0 spiro atoms. The van der Waals surface area contributed by atoms with E-state index in [0.717, 1.165) is 39.3 Å². The van der Waals surface area contributed by atoms with E-state index in [1.165, 1.54) is 0 Å². The second-order valence-corrected chi connectivity index (χ2v) is 10.4. The fourth-order valence-corrected chi connectivity index (χ4v) is 5.36. The lowest BCUT2D eigenvalue weighted by molar-refractivity contribution is -0.118. The summed E-state index contributed by atoms with van der Waals surface area (Å²) in [5, 5.41) is 9.09. The number of benzene rings is 4.